The zero-order chi connectivity index (χ0) is 13.5. The van der Waals surface area contributed by atoms with Crippen LogP contribution in [0, 0.1) is 6.92 Å². The Morgan fingerprint density at radius 3 is 2.56 bits per heavy atom. The number of likely N-dealkylation sites (N-methyl/N-ethyl adjacent to an activating group) is 1. The third kappa shape index (κ3) is 4.08. The lowest BCUT2D eigenvalue weighted by Gasteiger charge is -2.24. The molecule has 0 fully saturated rings. The van der Waals surface area contributed by atoms with Crippen molar-refractivity contribution in [2.75, 3.05) is 24.5 Å². The number of aryl methyl sites for hydroxylation is 1. The van der Waals surface area contributed by atoms with Crippen molar-refractivity contribution in [3.05, 3.63) is 29.8 Å². The fourth-order valence-corrected chi connectivity index (χ4v) is 1.69. The first-order valence-corrected chi connectivity index (χ1v) is 5.83. The molecule has 0 aliphatic carbocycles. The highest BCUT2D eigenvalue weighted by Crippen LogP contribution is 2.18. The van der Waals surface area contributed by atoms with Gasteiger partial charge in [0.15, 0.2) is 0 Å². The van der Waals surface area contributed by atoms with E-state index in [4.69, 9.17) is 5.11 Å². The number of hydrogen-bond donors (Lipinski definition) is 2. The van der Waals surface area contributed by atoms with Crippen LogP contribution in [-0.2, 0) is 9.59 Å². The smallest absolute Gasteiger partial charge is 0.322 e. The lowest BCUT2D eigenvalue weighted by molar-refractivity contribution is -0.137. The Bertz CT molecular complexity index is 432. The Hall–Kier alpha value is -2.04. The summed E-state index contributed by atoms with van der Waals surface area (Å²) in [6.07, 6.45) is 0. The van der Waals surface area contributed by atoms with Gasteiger partial charge < -0.3 is 15.3 Å². The third-order valence-electron chi connectivity index (χ3n) is 2.61. The lowest BCUT2D eigenvalue weighted by atomic mass is 10.2. The van der Waals surface area contributed by atoms with Crippen molar-refractivity contribution in [3.63, 3.8) is 0 Å². The number of carboxylic acid groups (broad SMARTS) is 1. The number of amides is 1. The maximum atomic E-state index is 11.6. The minimum Gasteiger partial charge on any atom is -0.480 e. The Labute approximate surface area is 106 Å². The number of benzene rings is 1. The monoisotopic (exact) mass is 250 g/mol. The van der Waals surface area contributed by atoms with Crippen LogP contribution in [0.25, 0.3) is 0 Å². The van der Waals surface area contributed by atoms with E-state index in [1.807, 2.05) is 43.0 Å². The molecule has 0 saturated heterocycles. The van der Waals surface area contributed by atoms with E-state index in [1.165, 1.54) is 0 Å². The summed E-state index contributed by atoms with van der Waals surface area (Å²) < 4.78 is 0. The molecule has 0 radical (unpaired) electrons. The van der Waals surface area contributed by atoms with Crippen LogP contribution in [0.4, 0.5) is 5.69 Å². The molecule has 1 amide bonds. The molecule has 0 aliphatic heterocycles. The topological polar surface area (TPSA) is 69.6 Å². The molecule has 0 aromatic heterocycles. The van der Waals surface area contributed by atoms with Gasteiger partial charge in [0.2, 0.25) is 5.91 Å². The first-order chi connectivity index (χ1) is 8.54. The summed E-state index contributed by atoms with van der Waals surface area (Å²) >= 11 is 0. The summed E-state index contributed by atoms with van der Waals surface area (Å²) in [4.78, 5) is 23.8. The number of carbonyl (C=O) groups is 2. The Balaban J connectivity index is 2.65. The van der Waals surface area contributed by atoms with E-state index in [0.717, 1.165) is 11.3 Å². The summed E-state index contributed by atoms with van der Waals surface area (Å²) in [5.41, 5.74) is 2.08. The number of carboxylic acids is 1. The van der Waals surface area contributed by atoms with Crippen LogP contribution in [0.2, 0.25) is 0 Å². The fraction of sp³-hybridized carbons (Fsp3) is 0.385. The third-order valence-corrected chi connectivity index (χ3v) is 2.61. The molecule has 1 rings (SSSR count). The van der Waals surface area contributed by atoms with Crippen LogP contribution in [-0.4, -0.2) is 36.6 Å². The van der Waals surface area contributed by atoms with Gasteiger partial charge in [-0.15, -0.1) is 0 Å². The first kappa shape index (κ1) is 14.0. The Morgan fingerprint density at radius 1 is 1.33 bits per heavy atom. The Morgan fingerprint density at radius 2 is 2.00 bits per heavy atom. The largest absolute Gasteiger partial charge is 0.480 e. The number of aliphatic carboxylic acids is 1. The molecule has 0 heterocycles. The van der Waals surface area contributed by atoms with E-state index < -0.39 is 5.97 Å². The normalized spacial score (nSPS) is 9.89. The molecular weight excluding hydrogens is 232 g/mol. The highest BCUT2D eigenvalue weighted by Gasteiger charge is 2.12. The van der Waals surface area contributed by atoms with Gasteiger partial charge in [0.25, 0.3) is 0 Å². The highest BCUT2D eigenvalue weighted by molar-refractivity contribution is 5.84. The molecule has 5 nitrogen and oxygen atoms in total. The summed E-state index contributed by atoms with van der Waals surface area (Å²) in [6, 6.07) is 7.79. The molecule has 5 heteroatoms. The van der Waals surface area contributed by atoms with Crippen molar-refractivity contribution < 1.29 is 14.7 Å². The zero-order valence-corrected chi connectivity index (χ0v) is 10.6. The van der Waals surface area contributed by atoms with Crippen LogP contribution in [0.5, 0.6) is 0 Å². The van der Waals surface area contributed by atoms with Gasteiger partial charge >= 0.3 is 5.97 Å². The maximum absolute atomic E-state index is 11.6. The number of nitrogens with zero attached hydrogens (tertiary/aromatic N) is 1. The maximum Gasteiger partial charge on any atom is 0.322 e. The molecule has 98 valence electrons. The second-order valence-electron chi connectivity index (χ2n) is 3.97. The molecule has 0 unspecified atom stereocenters. The number of anilines is 1. The lowest BCUT2D eigenvalue weighted by Crippen LogP contribution is -2.39. The SMILES string of the molecule is CCN(CC(=O)NCC(=O)O)c1ccccc1C. The first-order valence-electron chi connectivity index (χ1n) is 5.83. The van der Waals surface area contributed by atoms with E-state index in [-0.39, 0.29) is 19.0 Å². The quantitative estimate of drug-likeness (QED) is 0.791. The molecule has 0 atom stereocenters. The second kappa shape index (κ2) is 6.64. The van der Waals surface area contributed by atoms with Crippen molar-refractivity contribution in [1.29, 1.82) is 0 Å². The molecule has 0 saturated carbocycles. The summed E-state index contributed by atoms with van der Waals surface area (Å²) in [6.45, 7) is 4.44. The van der Waals surface area contributed by atoms with Crippen molar-refractivity contribution >= 4 is 17.6 Å². The van der Waals surface area contributed by atoms with Crippen LogP contribution in [0.15, 0.2) is 24.3 Å². The highest BCUT2D eigenvalue weighted by atomic mass is 16.4. The molecule has 1 aromatic carbocycles. The van der Waals surface area contributed by atoms with Crippen LogP contribution in [0.1, 0.15) is 12.5 Å². The number of carbonyl (C=O) groups excluding carboxylic acids is 1. The van der Waals surface area contributed by atoms with Gasteiger partial charge in [-0.25, -0.2) is 0 Å². The summed E-state index contributed by atoms with van der Waals surface area (Å²) in [5.74, 6) is -1.33. The average Bonchev–Trinajstić information content (AvgIpc) is 2.34. The van der Waals surface area contributed by atoms with Gasteiger partial charge in [0.05, 0.1) is 6.54 Å². The van der Waals surface area contributed by atoms with Crippen LogP contribution in [0.3, 0.4) is 0 Å². The number of rotatable bonds is 6. The van der Waals surface area contributed by atoms with E-state index in [0.29, 0.717) is 6.54 Å². The minimum atomic E-state index is -1.04. The van der Waals surface area contributed by atoms with E-state index in [1.54, 1.807) is 0 Å². The molecule has 0 aliphatic rings. The van der Waals surface area contributed by atoms with Crippen molar-refractivity contribution in [2.24, 2.45) is 0 Å². The molecule has 2 N–H and O–H groups in total. The van der Waals surface area contributed by atoms with E-state index in [2.05, 4.69) is 5.32 Å². The predicted octanol–water partition coefficient (Wildman–Crippen LogP) is 1.02. The van der Waals surface area contributed by atoms with Gasteiger partial charge in [-0.05, 0) is 25.5 Å². The minimum absolute atomic E-state index is 0.161. The average molecular weight is 250 g/mol. The van der Waals surface area contributed by atoms with Gasteiger partial charge in [-0.1, -0.05) is 18.2 Å². The van der Waals surface area contributed by atoms with Crippen LogP contribution >= 0.6 is 0 Å². The van der Waals surface area contributed by atoms with Gasteiger partial charge in [0.1, 0.15) is 6.54 Å². The number of hydrogen-bond acceptors (Lipinski definition) is 3. The van der Waals surface area contributed by atoms with E-state index >= 15 is 0 Å². The van der Waals surface area contributed by atoms with Crippen molar-refractivity contribution in [2.45, 2.75) is 13.8 Å². The molecule has 18 heavy (non-hydrogen) atoms. The molecular formula is C13H18N2O3. The van der Waals surface area contributed by atoms with Gasteiger partial charge in [0, 0.05) is 12.2 Å². The van der Waals surface area contributed by atoms with E-state index in [9.17, 15) is 9.59 Å². The van der Waals surface area contributed by atoms with Gasteiger partial charge in [-0.2, -0.15) is 0 Å². The van der Waals surface area contributed by atoms with Crippen molar-refractivity contribution in [3.8, 4) is 0 Å². The molecule has 1 aromatic rings. The fourth-order valence-electron chi connectivity index (χ4n) is 1.69. The second-order valence-corrected chi connectivity index (χ2v) is 3.97. The summed E-state index contributed by atoms with van der Waals surface area (Å²) in [7, 11) is 0. The molecule has 0 bridgehead atoms. The zero-order valence-electron chi connectivity index (χ0n) is 10.6. The predicted molar refractivity (Wildman–Crippen MR) is 69.7 cm³/mol. The number of nitrogens with one attached hydrogen (secondary N) is 1. The summed E-state index contributed by atoms with van der Waals surface area (Å²) in [5, 5.41) is 10.8. The Kier molecular flexibility index (Phi) is 5.17. The van der Waals surface area contributed by atoms with Crippen molar-refractivity contribution in [1.82, 2.24) is 5.32 Å². The number of para-hydroxylation sites is 1. The molecule has 0 spiro atoms. The standard InChI is InChI=1S/C13H18N2O3/c1-3-15(9-12(16)14-8-13(17)18)11-7-5-4-6-10(11)2/h4-7H,3,8-9H2,1-2H3,(H,14,16)(H,17,18). The van der Waals surface area contributed by atoms with Crippen LogP contribution < -0.4 is 10.2 Å². The van der Waals surface area contributed by atoms with Gasteiger partial charge in [-0.3, -0.25) is 9.59 Å².